The molecule has 0 saturated heterocycles. The Morgan fingerprint density at radius 1 is 1.00 bits per heavy atom. The quantitative estimate of drug-likeness (QED) is 0.878. The molecule has 0 aliphatic carbocycles. The topological polar surface area (TPSA) is 32.3 Å². The minimum absolute atomic E-state index is 0.0538. The third-order valence-electron chi connectivity index (χ3n) is 3.02. The smallest absolute Gasteiger partial charge is 0.322 e. The maximum atomic E-state index is 12.3. The van der Waals surface area contributed by atoms with Crippen LogP contribution in [0.4, 0.5) is 10.5 Å². The van der Waals surface area contributed by atoms with Crippen LogP contribution in [0.2, 0.25) is 0 Å². The number of nitrogens with one attached hydrogen (secondary N) is 1. The maximum Gasteiger partial charge on any atom is 0.322 e. The molecule has 0 atom stereocenters. The van der Waals surface area contributed by atoms with Crippen molar-refractivity contribution in [3.63, 3.8) is 0 Å². The van der Waals surface area contributed by atoms with Gasteiger partial charge in [0.2, 0.25) is 0 Å². The van der Waals surface area contributed by atoms with Gasteiger partial charge < -0.3 is 5.32 Å². The normalized spacial score (nSPS) is 10.1. The molecule has 0 radical (unpaired) electrons. The number of carbonyl (C=O) groups excluding carboxylic acids is 1. The van der Waals surface area contributed by atoms with Crippen molar-refractivity contribution in [2.75, 3.05) is 11.4 Å². The molecule has 0 heterocycles. The van der Waals surface area contributed by atoms with Crippen LogP contribution in [0.15, 0.2) is 60.7 Å². The van der Waals surface area contributed by atoms with Crippen molar-refractivity contribution in [1.29, 1.82) is 0 Å². The lowest BCUT2D eigenvalue weighted by Gasteiger charge is -2.23. The molecule has 0 saturated carbocycles. The number of anilines is 1. The summed E-state index contributed by atoms with van der Waals surface area (Å²) in [5, 5.41) is 2.94. The zero-order chi connectivity index (χ0) is 14.2. The second kappa shape index (κ2) is 7.34. The fraction of sp³-hybridized carbons (Fsp3) is 0.235. The van der Waals surface area contributed by atoms with Crippen molar-refractivity contribution in [3.05, 3.63) is 66.2 Å². The van der Waals surface area contributed by atoms with E-state index >= 15 is 0 Å². The van der Waals surface area contributed by atoms with Crippen LogP contribution >= 0.6 is 0 Å². The van der Waals surface area contributed by atoms with Gasteiger partial charge in [0.05, 0.1) is 6.54 Å². The van der Waals surface area contributed by atoms with Crippen LogP contribution in [0.5, 0.6) is 0 Å². The third-order valence-corrected chi connectivity index (χ3v) is 3.02. The largest absolute Gasteiger partial charge is 0.338 e. The van der Waals surface area contributed by atoms with Crippen LogP contribution in [0.25, 0.3) is 0 Å². The highest BCUT2D eigenvalue weighted by molar-refractivity contribution is 5.91. The number of benzene rings is 2. The highest BCUT2D eigenvalue weighted by Crippen LogP contribution is 2.16. The van der Waals surface area contributed by atoms with Gasteiger partial charge in [-0.2, -0.15) is 0 Å². The van der Waals surface area contributed by atoms with Crippen LogP contribution in [-0.4, -0.2) is 12.6 Å². The second-order valence-corrected chi connectivity index (χ2v) is 4.64. The molecule has 0 bridgehead atoms. The van der Waals surface area contributed by atoms with E-state index in [1.807, 2.05) is 67.6 Å². The first-order valence-electron chi connectivity index (χ1n) is 6.95. The van der Waals surface area contributed by atoms with Gasteiger partial charge in [-0.3, -0.25) is 4.90 Å². The first kappa shape index (κ1) is 14.1. The number of carbonyl (C=O) groups is 1. The highest BCUT2D eigenvalue weighted by Gasteiger charge is 2.15. The Hall–Kier alpha value is -2.29. The van der Waals surface area contributed by atoms with Crippen LogP contribution in [0.3, 0.4) is 0 Å². The second-order valence-electron chi connectivity index (χ2n) is 4.64. The maximum absolute atomic E-state index is 12.3. The molecule has 1 N–H and O–H groups in total. The summed E-state index contributed by atoms with van der Waals surface area (Å²) in [7, 11) is 0. The molecule has 2 amide bonds. The van der Waals surface area contributed by atoms with Gasteiger partial charge in [-0.15, -0.1) is 0 Å². The van der Waals surface area contributed by atoms with Crippen LogP contribution in [-0.2, 0) is 6.54 Å². The van der Waals surface area contributed by atoms with Gasteiger partial charge in [-0.1, -0.05) is 55.5 Å². The van der Waals surface area contributed by atoms with Gasteiger partial charge in [0.15, 0.2) is 0 Å². The molecule has 0 unspecified atom stereocenters. The molecular formula is C17H20N2O. The Morgan fingerprint density at radius 2 is 1.60 bits per heavy atom. The first-order chi connectivity index (χ1) is 9.81. The van der Waals surface area contributed by atoms with Gasteiger partial charge >= 0.3 is 6.03 Å². The van der Waals surface area contributed by atoms with E-state index in [4.69, 9.17) is 0 Å². The van der Waals surface area contributed by atoms with Crippen molar-refractivity contribution < 1.29 is 4.79 Å². The summed E-state index contributed by atoms with van der Waals surface area (Å²) >= 11 is 0. The minimum Gasteiger partial charge on any atom is -0.338 e. The molecular weight excluding hydrogens is 248 g/mol. The third kappa shape index (κ3) is 3.85. The summed E-state index contributed by atoms with van der Waals surface area (Å²) in [5.74, 6) is 0. The summed E-state index contributed by atoms with van der Waals surface area (Å²) in [4.78, 5) is 14.1. The van der Waals surface area contributed by atoms with Crippen molar-refractivity contribution in [3.8, 4) is 0 Å². The molecule has 0 fully saturated rings. The number of rotatable bonds is 5. The Bertz CT molecular complexity index is 525. The molecule has 0 aliphatic rings. The lowest BCUT2D eigenvalue weighted by atomic mass is 10.2. The lowest BCUT2D eigenvalue weighted by Crippen LogP contribution is -2.39. The zero-order valence-electron chi connectivity index (χ0n) is 11.8. The molecule has 2 aromatic rings. The van der Waals surface area contributed by atoms with Gasteiger partial charge in [0, 0.05) is 12.2 Å². The van der Waals surface area contributed by atoms with Crippen LogP contribution in [0.1, 0.15) is 18.9 Å². The van der Waals surface area contributed by atoms with E-state index in [-0.39, 0.29) is 6.03 Å². The summed E-state index contributed by atoms with van der Waals surface area (Å²) in [6, 6.07) is 19.7. The molecule has 20 heavy (non-hydrogen) atoms. The Kier molecular flexibility index (Phi) is 5.18. The predicted octanol–water partition coefficient (Wildman–Crippen LogP) is 3.81. The molecule has 104 valence electrons. The van der Waals surface area contributed by atoms with E-state index in [0.717, 1.165) is 17.7 Å². The molecule has 0 aromatic heterocycles. The summed E-state index contributed by atoms with van der Waals surface area (Å²) in [6.45, 7) is 3.31. The Labute approximate surface area is 120 Å². The highest BCUT2D eigenvalue weighted by atomic mass is 16.2. The van der Waals surface area contributed by atoms with E-state index in [2.05, 4.69) is 5.32 Å². The summed E-state index contributed by atoms with van der Waals surface area (Å²) in [5.41, 5.74) is 2.02. The van der Waals surface area contributed by atoms with Crippen molar-refractivity contribution in [2.45, 2.75) is 19.9 Å². The SMILES string of the molecule is CCCNC(=O)N(Cc1ccccc1)c1ccccc1. The molecule has 3 heteroatoms. The molecule has 0 spiro atoms. The molecule has 0 aliphatic heterocycles. The number of hydrogen-bond acceptors (Lipinski definition) is 1. The molecule has 3 nitrogen and oxygen atoms in total. The van der Waals surface area contributed by atoms with Gasteiger partial charge in [-0.05, 0) is 24.1 Å². The predicted molar refractivity (Wildman–Crippen MR) is 82.8 cm³/mol. The number of nitrogens with zero attached hydrogens (tertiary/aromatic N) is 1. The number of hydrogen-bond donors (Lipinski definition) is 1. The Balaban J connectivity index is 2.18. The van der Waals surface area contributed by atoms with E-state index in [9.17, 15) is 4.79 Å². The average Bonchev–Trinajstić information content (AvgIpc) is 2.52. The van der Waals surface area contributed by atoms with Crippen LogP contribution < -0.4 is 10.2 Å². The average molecular weight is 268 g/mol. The Morgan fingerprint density at radius 3 is 2.20 bits per heavy atom. The minimum atomic E-state index is -0.0538. The fourth-order valence-corrected chi connectivity index (χ4v) is 1.98. The molecule has 2 aromatic carbocycles. The van der Waals surface area contributed by atoms with E-state index < -0.39 is 0 Å². The fourth-order valence-electron chi connectivity index (χ4n) is 1.98. The summed E-state index contributed by atoms with van der Waals surface area (Å²) < 4.78 is 0. The first-order valence-corrected chi connectivity index (χ1v) is 6.95. The summed E-state index contributed by atoms with van der Waals surface area (Å²) in [6.07, 6.45) is 0.930. The van der Waals surface area contributed by atoms with E-state index in [1.54, 1.807) is 4.90 Å². The van der Waals surface area contributed by atoms with Crippen LogP contribution in [0, 0.1) is 0 Å². The number of para-hydroxylation sites is 1. The zero-order valence-corrected chi connectivity index (χ0v) is 11.8. The van der Waals surface area contributed by atoms with Crippen molar-refractivity contribution >= 4 is 11.7 Å². The van der Waals surface area contributed by atoms with Gasteiger partial charge in [0.1, 0.15) is 0 Å². The van der Waals surface area contributed by atoms with Crippen molar-refractivity contribution in [1.82, 2.24) is 5.32 Å². The van der Waals surface area contributed by atoms with Gasteiger partial charge in [0.25, 0.3) is 0 Å². The van der Waals surface area contributed by atoms with E-state index in [1.165, 1.54) is 0 Å². The molecule has 2 rings (SSSR count). The van der Waals surface area contributed by atoms with Gasteiger partial charge in [-0.25, -0.2) is 4.79 Å². The lowest BCUT2D eigenvalue weighted by molar-refractivity contribution is 0.246. The number of amides is 2. The number of urea groups is 1. The van der Waals surface area contributed by atoms with E-state index in [0.29, 0.717) is 13.1 Å². The van der Waals surface area contributed by atoms with Crippen molar-refractivity contribution in [2.24, 2.45) is 0 Å². The monoisotopic (exact) mass is 268 g/mol. The standard InChI is InChI=1S/C17H20N2O/c1-2-13-18-17(20)19(16-11-7-4-8-12-16)14-15-9-5-3-6-10-15/h3-12H,2,13-14H2,1H3,(H,18,20).